The van der Waals surface area contributed by atoms with Crippen molar-refractivity contribution < 1.29 is 17.9 Å². The van der Waals surface area contributed by atoms with E-state index in [1.807, 2.05) is 0 Å². The van der Waals surface area contributed by atoms with Crippen LogP contribution in [0.1, 0.15) is 10.4 Å². The van der Waals surface area contributed by atoms with Crippen molar-refractivity contribution >= 4 is 50.6 Å². The monoisotopic (exact) mass is 494 g/mol. The second-order valence-electron chi connectivity index (χ2n) is 6.53. The minimum Gasteiger partial charge on any atom is -0.497 e. The van der Waals surface area contributed by atoms with Gasteiger partial charge in [0.15, 0.2) is 0 Å². The lowest BCUT2D eigenvalue weighted by Crippen LogP contribution is -2.29. The molecule has 8 nitrogen and oxygen atoms in total. The van der Waals surface area contributed by atoms with Crippen LogP contribution in [-0.2, 0) is 10.0 Å². The van der Waals surface area contributed by atoms with Gasteiger partial charge in [-0.1, -0.05) is 29.3 Å². The maximum Gasteiger partial charge on any atom is 0.261 e. The topological polar surface area (TPSA) is 109 Å². The Morgan fingerprint density at radius 3 is 2.50 bits per heavy atom. The molecule has 0 atom stereocenters. The maximum absolute atomic E-state index is 12.7. The number of pyridine rings is 1. The molecule has 0 saturated carbocycles. The number of nitrogens with one attached hydrogen (secondary N) is 3. The number of aromatic nitrogens is 1. The molecule has 0 aliphatic heterocycles. The molecule has 0 aliphatic rings. The molecule has 0 bridgehead atoms. The van der Waals surface area contributed by atoms with Gasteiger partial charge in [0.25, 0.3) is 15.9 Å². The molecule has 3 N–H and O–H groups in total. The largest absolute Gasteiger partial charge is 0.497 e. The number of nitrogens with zero attached hydrogens (tertiary/aromatic N) is 1. The number of rotatable bonds is 9. The highest BCUT2D eigenvalue weighted by Crippen LogP contribution is 2.22. The molecule has 0 radical (unpaired) electrons. The van der Waals surface area contributed by atoms with Crippen LogP contribution in [0.25, 0.3) is 0 Å². The first-order valence-electron chi connectivity index (χ1n) is 9.38. The number of carbonyl (C=O) groups excluding carboxylic acids is 1. The molecule has 0 fully saturated rings. The van der Waals surface area contributed by atoms with Gasteiger partial charge in [-0.05, 0) is 48.5 Å². The zero-order valence-electron chi connectivity index (χ0n) is 16.9. The standard InChI is InChI=1S/C21H20Cl2N4O4S/c1-31-17-7-5-16(6-8-17)27-32(29,30)18-4-2-3-14(11-18)21(28)25-10-9-24-20-19(23)12-15(22)13-26-20/h2-8,11-13,27H,9-10H2,1H3,(H,24,26)(H,25,28). The average molecular weight is 495 g/mol. The highest BCUT2D eigenvalue weighted by atomic mass is 35.5. The molecule has 32 heavy (non-hydrogen) atoms. The second-order valence-corrected chi connectivity index (χ2v) is 9.05. The van der Waals surface area contributed by atoms with Gasteiger partial charge in [0.2, 0.25) is 0 Å². The van der Waals surface area contributed by atoms with Crippen LogP contribution in [0, 0.1) is 0 Å². The maximum atomic E-state index is 12.7. The first kappa shape index (κ1) is 23.6. The number of sulfonamides is 1. The van der Waals surface area contributed by atoms with Crippen molar-refractivity contribution in [2.24, 2.45) is 0 Å². The molecule has 1 heterocycles. The second kappa shape index (κ2) is 10.5. The number of methoxy groups -OCH3 is 1. The summed E-state index contributed by atoms with van der Waals surface area (Å²) in [6, 6.07) is 13.8. The molecule has 0 unspecified atom stereocenters. The average Bonchev–Trinajstić information content (AvgIpc) is 2.78. The van der Waals surface area contributed by atoms with E-state index in [1.165, 1.54) is 37.6 Å². The van der Waals surface area contributed by atoms with Gasteiger partial charge in [-0.2, -0.15) is 0 Å². The van der Waals surface area contributed by atoms with E-state index in [9.17, 15) is 13.2 Å². The molecule has 0 spiro atoms. The summed E-state index contributed by atoms with van der Waals surface area (Å²) in [6.45, 7) is 0.623. The van der Waals surface area contributed by atoms with E-state index in [0.29, 0.717) is 33.8 Å². The van der Waals surface area contributed by atoms with Gasteiger partial charge in [-0.3, -0.25) is 9.52 Å². The summed E-state index contributed by atoms with van der Waals surface area (Å²) in [5.74, 6) is 0.640. The Morgan fingerprint density at radius 1 is 1.06 bits per heavy atom. The van der Waals surface area contributed by atoms with Crippen molar-refractivity contribution in [2.45, 2.75) is 4.90 Å². The quantitative estimate of drug-likeness (QED) is 0.387. The molecule has 3 rings (SSSR count). The summed E-state index contributed by atoms with van der Waals surface area (Å²) in [5, 5.41) is 6.49. The number of carbonyl (C=O) groups is 1. The van der Waals surface area contributed by atoms with Gasteiger partial charge < -0.3 is 15.4 Å². The minimum absolute atomic E-state index is 0.0313. The van der Waals surface area contributed by atoms with Crippen molar-refractivity contribution in [1.29, 1.82) is 0 Å². The fraction of sp³-hybridized carbons (Fsp3) is 0.143. The fourth-order valence-electron chi connectivity index (χ4n) is 2.68. The Labute approximate surface area is 196 Å². The molecule has 1 aromatic heterocycles. The lowest BCUT2D eigenvalue weighted by Gasteiger charge is -2.11. The Kier molecular flexibility index (Phi) is 7.79. The Bertz CT molecular complexity index is 1200. The van der Waals surface area contributed by atoms with Gasteiger partial charge in [0, 0.05) is 30.5 Å². The van der Waals surface area contributed by atoms with Crippen molar-refractivity contribution in [3.8, 4) is 5.75 Å². The Morgan fingerprint density at radius 2 is 1.81 bits per heavy atom. The van der Waals surface area contributed by atoms with Gasteiger partial charge in [-0.25, -0.2) is 13.4 Å². The van der Waals surface area contributed by atoms with E-state index >= 15 is 0 Å². The summed E-state index contributed by atoms with van der Waals surface area (Å²) in [7, 11) is -2.35. The Hall–Kier alpha value is -3.01. The van der Waals surface area contributed by atoms with Gasteiger partial charge in [-0.15, -0.1) is 0 Å². The summed E-state index contributed by atoms with van der Waals surface area (Å²) in [4.78, 5) is 16.5. The summed E-state index contributed by atoms with van der Waals surface area (Å²) >= 11 is 11.8. The van der Waals surface area contributed by atoms with E-state index in [2.05, 4.69) is 20.3 Å². The van der Waals surface area contributed by atoms with Gasteiger partial charge >= 0.3 is 0 Å². The van der Waals surface area contributed by atoms with Crippen LogP contribution in [0.5, 0.6) is 5.75 Å². The van der Waals surface area contributed by atoms with Crippen molar-refractivity contribution in [2.75, 3.05) is 30.2 Å². The van der Waals surface area contributed by atoms with Crippen molar-refractivity contribution in [1.82, 2.24) is 10.3 Å². The molecule has 1 amide bonds. The highest BCUT2D eigenvalue weighted by molar-refractivity contribution is 7.92. The molecule has 0 saturated heterocycles. The summed E-state index contributed by atoms with van der Waals surface area (Å²) < 4.78 is 32.9. The Balaban J connectivity index is 1.59. The van der Waals surface area contributed by atoms with Crippen LogP contribution in [-0.4, -0.2) is 39.5 Å². The predicted octanol–water partition coefficient (Wildman–Crippen LogP) is 4.04. The summed E-state index contributed by atoms with van der Waals surface area (Å²) in [5.41, 5.74) is 0.589. The van der Waals surface area contributed by atoms with E-state index in [0.717, 1.165) is 0 Å². The summed E-state index contributed by atoms with van der Waals surface area (Å²) in [6.07, 6.45) is 1.46. The molecular formula is C21H20Cl2N4O4S. The van der Waals surface area contributed by atoms with Crippen molar-refractivity contribution in [3.05, 3.63) is 76.4 Å². The number of hydrogen-bond acceptors (Lipinski definition) is 6. The number of anilines is 2. The van der Waals surface area contributed by atoms with Crippen LogP contribution >= 0.6 is 23.2 Å². The third-order valence-corrected chi connectivity index (χ3v) is 6.13. The molecular weight excluding hydrogens is 475 g/mol. The normalized spacial score (nSPS) is 11.0. The zero-order chi connectivity index (χ0) is 23.1. The molecule has 0 aliphatic carbocycles. The number of ether oxygens (including phenoxy) is 1. The zero-order valence-corrected chi connectivity index (χ0v) is 19.3. The highest BCUT2D eigenvalue weighted by Gasteiger charge is 2.16. The lowest BCUT2D eigenvalue weighted by atomic mass is 10.2. The van der Waals surface area contributed by atoms with Crippen LogP contribution in [0.4, 0.5) is 11.5 Å². The van der Waals surface area contributed by atoms with Gasteiger partial charge in [0.05, 0.1) is 22.1 Å². The number of halogens is 2. The van der Waals surface area contributed by atoms with E-state index < -0.39 is 15.9 Å². The molecule has 168 valence electrons. The van der Waals surface area contributed by atoms with Crippen LogP contribution < -0.4 is 20.1 Å². The SMILES string of the molecule is COc1ccc(NS(=O)(=O)c2cccc(C(=O)NCCNc3ncc(Cl)cc3Cl)c2)cc1. The first-order valence-corrected chi connectivity index (χ1v) is 11.6. The molecule has 11 heteroatoms. The fourth-order valence-corrected chi connectivity index (χ4v) is 4.23. The molecule has 3 aromatic rings. The first-order chi connectivity index (χ1) is 15.3. The number of benzene rings is 2. The number of amides is 1. The van der Waals surface area contributed by atoms with Gasteiger partial charge in [0.1, 0.15) is 11.6 Å². The lowest BCUT2D eigenvalue weighted by molar-refractivity contribution is 0.0955. The van der Waals surface area contributed by atoms with E-state index in [1.54, 1.807) is 30.3 Å². The minimum atomic E-state index is -3.88. The third kappa shape index (κ3) is 6.25. The van der Waals surface area contributed by atoms with E-state index in [-0.39, 0.29) is 17.0 Å². The third-order valence-electron chi connectivity index (χ3n) is 4.26. The smallest absolute Gasteiger partial charge is 0.261 e. The van der Waals surface area contributed by atoms with Crippen LogP contribution in [0.15, 0.2) is 65.7 Å². The van der Waals surface area contributed by atoms with Crippen molar-refractivity contribution in [3.63, 3.8) is 0 Å². The molecule has 2 aromatic carbocycles. The predicted molar refractivity (Wildman–Crippen MR) is 125 cm³/mol. The van der Waals surface area contributed by atoms with Crippen LogP contribution in [0.3, 0.4) is 0 Å². The van der Waals surface area contributed by atoms with Crippen LogP contribution in [0.2, 0.25) is 10.0 Å². The number of hydrogen-bond donors (Lipinski definition) is 3. The van der Waals surface area contributed by atoms with E-state index in [4.69, 9.17) is 27.9 Å².